The summed E-state index contributed by atoms with van der Waals surface area (Å²) >= 11 is 0. The summed E-state index contributed by atoms with van der Waals surface area (Å²) in [6.07, 6.45) is 0. The maximum atomic E-state index is 11.3. The number of benzene rings is 3. The third-order valence-corrected chi connectivity index (χ3v) is 3.09. The number of aromatic hydroxyl groups is 1. The van der Waals surface area contributed by atoms with E-state index in [4.69, 9.17) is 0 Å². The third kappa shape index (κ3) is 1.41. The Kier molecular flexibility index (Phi) is 2.20. The second kappa shape index (κ2) is 3.74. The minimum absolute atomic E-state index is 0.104. The van der Waals surface area contributed by atoms with Crippen LogP contribution in [0.5, 0.6) is 5.75 Å². The van der Waals surface area contributed by atoms with Gasteiger partial charge in [-0.25, -0.2) is 4.79 Å². The monoisotopic (exact) mass is 238 g/mol. The zero-order valence-corrected chi connectivity index (χ0v) is 9.42. The van der Waals surface area contributed by atoms with E-state index in [1.165, 1.54) is 0 Å². The van der Waals surface area contributed by atoms with Gasteiger partial charge < -0.3 is 10.2 Å². The maximum Gasteiger partial charge on any atom is 0.336 e. The summed E-state index contributed by atoms with van der Waals surface area (Å²) < 4.78 is 0. The molecule has 0 atom stereocenters. The quantitative estimate of drug-likeness (QED) is 0.639. The number of carboxylic acid groups (broad SMARTS) is 1. The molecule has 0 amide bonds. The van der Waals surface area contributed by atoms with Gasteiger partial charge in [0.2, 0.25) is 0 Å². The first kappa shape index (κ1) is 10.6. The molecular weight excluding hydrogens is 228 g/mol. The summed E-state index contributed by atoms with van der Waals surface area (Å²) in [5.41, 5.74) is 0.208. The van der Waals surface area contributed by atoms with Crippen molar-refractivity contribution in [3.8, 4) is 5.75 Å². The molecule has 88 valence electrons. The van der Waals surface area contributed by atoms with E-state index in [9.17, 15) is 15.0 Å². The van der Waals surface area contributed by atoms with E-state index >= 15 is 0 Å². The lowest BCUT2D eigenvalue weighted by Gasteiger charge is -2.08. The highest BCUT2D eigenvalue weighted by Crippen LogP contribution is 2.34. The van der Waals surface area contributed by atoms with Gasteiger partial charge in [-0.2, -0.15) is 0 Å². The lowest BCUT2D eigenvalue weighted by Crippen LogP contribution is -1.97. The SMILES string of the molecule is O=C(O)c1cccc2ccc3cccc(O)c3c12. The van der Waals surface area contributed by atoms with Crippen LogP contribution in [0.4, 0.5) is 0 Å². The molecule has 3 heteroatoms. The molecule has 0 saturated carbocycles. The molecule has 0 saturated heterocycles. The van der Waals surface area contributed by atoms with Crippen molar-refractivity contribution in [3.05, 3.63) is 54.1 Å². The smallest absolute Gasteiger partial charge is 0.336 e. The van der Waals surface area contributed by atoms with Gasteiger partial charge in [-0.3, -0.25) is 0 Å². The standard InChI is InChI=1S/C15H10O3/c16-12-6-2-4-10-8-7-9-3-1-5-11(15(17)18)13(9)14(10)12/h1-8,16H,(H,17,18). The molecule has 3 nitrogen and oxygen atoms in total. The molecular formula is C15H10O3. The predicted molar refractivity (Wildman–Crippen MR) is 70.1 cm³/mol. The topological polar surface area (TPSA) is 57.5 Å². The van der Waals surface area contributed by atoms with Crippen molar-refractivity contribution in [1.29, 1.82) is 0 Å². The summed E-state index contributed by atoms with van der Waals surface area (Å²) in [7, 11) is 0. The van der Waals surface area contributed by atoms with Crippen LogP contribution >= 0.6 is 0 Å². The summed E-state index contributed by atoms with van der Waals surface area (Å²) in [6.45, 7) is 0. The minimum atomic E-state index is -0.989. The van der Waals surface area contributed by atoms with Crippen molar-refractivity contribution in [3.63, 3.8) is 0 Å². The van der Waals surface area contributed by atoms with Gasteiger partial charge in [-0.05, 0) is 22.9 Å². The Hall–Kier alpha value is -2.55. The number of phenols is 1. The lowest BCUT2D eigenvalue weighted by molar-refractivity contribution is 0.0699. The van der Waals surface area contributed by atoms with Crippen LogP contribution in [0.25, 0.3) is 21.5 Å². The molecule has 3 aromatic carbocycles. The number of carboxylic acids is 1. The van der Waals surface area contributed by atoms with Crippen LogP contribution in [0.15, 0.2) is 48.5 Å². The summed E-state index contributed by atoms with van der Waals surface area (Å²) in [5.74, 6) is -0.886. The second-order valence-corrected chi connectivity index (χ2v) is 4.15. The summed E-state index contributed by atoms with van der Waals surface area (Å²) in [4.78, 5) is 11.3. The maximum absolute atomic E-state index is 11.3. The van der Waals surface area contributed by atoms with Gasteiger partial charge in [0.05, 0.1) is 5.56 Å². The number of fused-ring (bicyclic) bond motifs is 3. The van der Waals surface area contributed by atoms with Gasteiger partial charge in [0.25, 0.3) is 0 Å². The van der Waals surface area contributed by atoms with E-state index in [2.05, 4.69) is 0 Å². The third-order valence-electron chi connectivity index (χ3n) is 3.09. The minimum Gasteiger partial charge on any atom is -0.507 e. The first-order valence-corrected chi connectivity index (χ1v) is 5.55. The van der Waals surface area contributed by atoms with E-state index in [1.807, 2.05) is 24.3 Å². The van der Waals surface area contributed by atoms with E-state index in [1.54, 1.807) is 24.3 Å². The molecule has 0 unspecified atom stereocenters. The molecule has 0 aliphatic rings. The van der Waals surface area contributed by atoms with E-state index in [0.717, 1.165) is 10.8 Å². The molecule has 3 rings (SSSR count). The molecule has 3 aromatic rings. The van der Waals surface area contributed by atoms with Gasteiger partial charge in [0, 0.05) is 10.8 Å². The van der Waals surface area contributed by atoms with Gasteiger partial charge in [-0.1, -0.05) is 36.4 Å². The normalized spacial score (nSPS) is 10.9. The number of aromatic carboxylic acids is 1. The first-order chi connectivity index (χ1) is 8.68. The summed E-state index contributed by atoms with van der Waals surface area (Å²) in [6, 6.07) is 14.0. The highest BCUT2D eigenvalue weighted by atomic mass is 16.4. The van der Waals surface area contributed by atoms with E-state index < -0.39 is 5.97 Å². The molecule has 0 fully saturated rings. The number of rotatable bonds is 1. The number of hydrogen-bond donors (Lipinski definition) is 2. The van der Waals surface area contributed by atoms with Crippen LogP contribution in [0.2, 0.25) is 0 Å². The van der Waals surface area contributed by atoms with Crippen LogP contribution in [0.3, 0.4) is 0 Å². The first-order valence-electron chi connectivity index (χ1n) is 5.55. The fraction of sp³-hybridized carbons (Fsp3) is 0. The molecule has 0 radical (unpaired) electrons. The van der Waals surface area contributed by atoms with Crippen LogP contribution < -0.4 is 0 Å². The molecule has 0 spiro atoms. The Morgan fingerprint density at radius 2 is 1.44 bits per heavy atom. The average molecular weight is 238 g/mol. The van der Waals surface area contributed by atoms with Crippen molar-refractivity contribution in [2.24, 2.45) is 0 Å². The van der Waals surface area contributed by atoms with Gasteiger partial charge in [0.15, 0.2) is 0 Å². The van der Waals surface area contributed by atoms with Crippen molar-refractivity contribution in [2.45, 2.75) is 0 Å². The molecule has 0 aliphatic carbocycles. The van der Waals surface area contributed by atoms with Crippen molar-refractivity contribution >= 4 is 27.5 Å². The fourth-order valence-corrected chi connectivity index (χ4v) is 2.31. The molecule has 0 bridgehead atoms. The number of carbonyl (C=O) groups is 1. The largest absolute Gasteiger partial charge is 0.507 e. The average Bonchev–Trinajstić information content (AvgIpc) is 2.37. The van der Waals surface area contributed by atoms with Crippen molar-refractivity contribution in [2.75, 3.05) is 0 Å². The Bertz CT molecular complexity index is 775. The zero-order valence-electron chi connectivity index (χ0n) is 9.42. The Morgan fingerprint density at radius 3 is 2.11 bits per heavy atom. The van der Waals surface area contributed by atoms with Gasteiger partial charge in [-0.15, -0.1) is 0 Å². The highest BCUT2D eigenvalue weighted by Gasteiger charge is 2.12. The van der Waals surface area contributed by atoms with Crippen LogP contribution in [-0.2, 0) is 0 Å². The van der Waals surface area contributed by atoms with Crippen molar-refractivity contribution < 1.29 is 15.0 Å². The Labute approximate surface area is 103 Å². The van der Waals surface area contributed by atoms with E-state index in [-0.39, 0.29) is 11.3 Å². The lowest BCUT2D eigenvalue weighted by atomic mass is 9.97. The molecule has 2 N–H and O–H groups in total. The highest BCUT2D eigenvalue weighted by molar-refractivity contribution is 6.18. The van der Waals surface area contributed by atoms with Gasteiger partial charge in [0.1, 0.15) is 5.75 Å². The molecule has 0 aromatic heterocycles. The predicted octanol–water partition coefficient (Wildman–Crippen LogP) is 3.40. The second-order valence-electron chi connectivity index (χ2n) is 4.15. The number of phenolic OH excluding ortho intramolecular Hbond substituents is 1. The molecule has 0 aliphatic heterocycles. The molecule has 0 heterocycles. The summed E-state index contributed by atoms with van der Waals surface area (Å²) in [5, 5.41) is 22.0. The Morgan fingerprint density at radius 1 is 0.833 bits per heavy atom. The van der Waals surface area contributed by atoms with Gasteiger partial charge >= 0.3 is 5.97 Å². The van der Waals surface area contributed by atoms with Crippen LogP contribution in [0, 0.1) is 0 Å². The van der Waals surface area contributed by atoms with Crippen molar-refractivity contribution in [1.82, 2.24) is 0 Å². The van der Waals surface area contributed by atoms with Crippen LogP contribution in [-0.4, -0.2) is 16.2 Å². The fourth-order valence-electron chi connectivity index (χ4n) is 2.31. The Balaban J connectivity index is 2.63. The van der Waals surface area contributed by atoms with E-state index in [0.29, 0.717) is 10.8 Å². The molecule has 18 heavy (non-hydrogen) atoms. The van der Waals surface area contributed by atoms with Crippen LogP contribution in [0.1, 0.15) is 10.4 Å². The number of hydrogen-bond acceptors (Lipinski definition) is 2. The zero-order chi connectivity index (χ0) is 12.7.